The largest absolute Gasteiger partial charge is 0.481 e. The van der Waals surface area contributed by atoms with Crippen LogP contribution in [-0.4, -0.2) is 45.2 Å². The first kappa shape index (κ1) is 15.6. The van der Waals surface area contributed by atoms with E-state index in [0.29, 0.717) is 11.5 Å². The zero-order chi connectivity index (χ0) is 12.6. The quantitative estimate of drug-likeness (QED) is 0.621. The molecule has 0 aliphatic carbocycles. The monoisotopic (exact) mass is 266 g/mol. The molecule has 0 spiro atoms. The minimum absolute atomic E-state index is 0.312. The Morgan fingerprint density at radius 3 is 1.50 bits per heavy atom. The molecule has 0 radical (unpaired) electrons. The van der Waals surface area contributed by atoms with Crippen LogP contribution in [0.5, 0.6) is 0 Å². The molecule has 4 nitrogen and oxygen atoms in total. The van der Waals surface area contributed by atoms with Gasteiger partial charge in [-0.1, -0.05) is 13.8 Å². The van der Waals surface area contributed by atoms with E-state index in [1.54, 1.807) is 37.4 Å². The van der Waals surface area contributed by atoms with Gasteiger partial charge in [0.05, 0.1) is 11.8 Å². The molecule has 6 heteroatoms. The number of aliphatic carboxylic acids is 2. The summed E-state index contributed by atoms with van der Waals surface area (Å²) in [5.74, 6) is 0.818. The Labute approximate surface area is 104 Å². The van der Waals surface area contributed by atoms with E-state index in [0.717, 1.165) is 11.5 Å². The molecule has 0 aromatic carbocycles. The van der Waals surface area contributed by atoms with Gasteiger partial charge in [0.15, 0.2) is 0 Å². The molecule has 2 atom stereocenters. The van der Waals surface area contributed by atoms with Crippen molar-refractivity contribution in [3.05, 3.63) is 0 Å². The van der Waals surface area contributed by atoms with Gasteiger partial charge in [-0.2, -0.15) is 23.5 Å². The lowest BCUT2D eigenvalue weighted by molar-refractivity contribution is -0.141. The SMILES string of the molecule is CC(CSCCSCC(C)C(=O)O)C(=O)O. The van der Waals surface area contributed by atoms with Gasteiger partial charge in [-0.3, -0.25) is 9.59 Å². The smallest absolute Gasteiger partial charge is 0.307 e. The molecule has 0 aromatic heterocycles. The molecule has 0 rings (SSSR count). The van der Waals surface area contributed by atoms with E-state index in [4.69, 9.17) is 10.2 Å². The van der Waals surface area contributed by atoms with Gasteiger partial charge in [0.25, 0.3) is 0 Å². The highest BCUT2D eigenvalue weighted by atomic mass is 32.2. The van der Waals surface area contributed by atoms with Gasteiger partial charge in [-0.05, 0) is 0 Å². The van der Waals surface area contributed by atoms with Crippen molar-refractivity contribution >= 4 is 35.5 Å². The number of hydrogen-bond acceptors (Lipinski definition) is 4. The number of carboxylic acids is 2. The summed E-state index contributed by atoms with van der Waals surface area (Å²) in [5.41, 5.74) is 0. The summed E-state index contributed by atoms with van der Waals surface area (Å²) in [6.07, 6.45) is 0. The maximum Gasteiger partial charge on any atom is 0.307 e. The molecule has 0 amide bonds. The number of carboxylic acid groups (broad SMARTS) is 2. The second kappa shape index (κ2) is 8.75. The summed E-state index contributed by atoms with van der Waals surface area (Å²) in [5, 5.41) is 17.3. The standard InChI is InChI=1S/C10H18O4S2/c1-7(9(11)12)5-15-3-4-16-6-8(2)10(13)14/h7-8H,3-6H2,1-2H3,(H,11,12)(H,13,14). The lowest BCUT2D eigenvalue weighted by atomic mass is 10.2. The lowest BCUT2D eigenvalue weighted by Gasteiger charge is -2.07. The molecule has 0 saturated heterocycles. The van der Waals surface area contributed by atoms with E-state index in [2.05, 4.69) is 0 Å². The fraction of sp³-hybridized carbons (Fsp3) is 0.800. The zero-order valence-corrected chi connectivity index (χ0v) is 11.1. The van der Waals surface area contributed by atoms with E-state index in [1.807, 2.05) is 0 Å². The van der Waals surface area contributed by atoms with E-state index >= 15 is 0 Å². The molecule has 16 heavy (non-hydrogen) atoms. The molecule has 0 aromatic rings. The Bertz CT molecular complexity index is 209. The van der Waals surface area contributed by atoms with Crippen molar-refractivity contribution in [1.82, 2.24) is 0 Å². The van der Waals surface area contributed by atoms with Crippen LogP contribution in [0.25, 0.3) is 0 Å². The van der Waals surface area contributed by atoms with Crippen molar-refractivity contribution in [1.29, 1.82) is 0 Å². The molecule has 0 heterocycles. The van der Waals surface area contributed by atoms with E-state index < -0.39 is 11.9 Å². The average Bonchev–Trinajstić information content (AvgIpc) is 2.21. The summed E-state index contributed by atoms with van der Waals surface area (Å²) >= 11 is 3.20. The molecule has 2 unspecified atom stereocenters. The lowest BCUT2D eigenvalue weighted by Crippen LogP contribution is -2.13. The van der Waals surface area contributed by atoms with E-state index in [1.165, 1.54) is 0 Å². The van der Waals surface area contributed by atoms with E-state index in [9.17, 15) is 9.59 Å². The van der Waals surface area contributed by atoms with Gasteiger partial charge in [0.1, 0.15) is 0 Å². The van der Waals surface area contributed by atoms with Crippen molar-refractivity contribution < 1.29 is 19.8 Å². The predicted octanol–water partition coefficient (Wildman–Crippen LogP) is 1.89. The maximum absolute atomic E-state index is 10.5. The highest BCUT2D eigenvalue weighted by Gasteiger charge is 2.11. The Hall–Kier alpha value is -0.360. The number of thioether (sulfide) groups is 2. The van der Waals surface area contributed by atoms with Crippen LogP contribution in [0.4, 0.5) is 0 Å². The van der Waals surface area contributed by atoms with E-state index in [-0.39, 0.29) is 11.8 Å². The highest BCUT2D eigenvalue weighted by Crippen LogP contribution is 2.13. The summed E-state index contributed by atoms with van der Waals surface area (Å²) in [6, 6.07) is 0. The number of rotatable bonds is 9. The zero-order valence-electron chi connectivity index (χ0n) is 9.51. The summed E-state index contributed by atoms with van der Waals surface area (Å²) in [7, 11) is 0. The number of carbonyl (C=O) groups is 2. The molecule has 0 fully saturated rings. The molecular weight excluding hydrogens is 248 g/mol. The van der Waals surface area contributed by atoms with Gasteiger partial charge >= 0.3 is 11.9 Å². The van der Waals surface area contributed by atoms with Crippen LogP contribution in [0.15, 0.2) is 0 Å². The Morgan fingerprint density at radius 2 is 1.25 bits per heavy atom. The van der Waals surface area contributed by atoms with Crippen molar-refractivity contribution in [2.45, 2.75) is 13.8 Å². The second-order valence-electron chi connectivity index (χ2n) is 3.63. The van der Waals surface area contributed by atoms with Crippen molar-refractivity contribution in [2.24, 2.45) is 11.8 Å². The van der Waals surface area contributed by atoms with Crippen LogP contribution in [-0.2, 0) is 9.59 Å². The average molecular weight is 266 g/mol. The molecule has 0 aliphatic rings. The van der Waals surface area contributed by atoms with Crippen molar-refractivity contribution in [2.75, 3.05) is 23.0 Å². The third-order valence-electron chi connectivity index (χ3n) is 1.95. The van der Waals surface area contributed by atoms with Gasteiger partial charge < -0.3 is 10.2 Å². The Morgan fingerprint density at radius 1 is 0.938 bits per heavy atom. The second-order valence-corrected chi connectivity index (χ2v) is 5.93. The minimum Gasteiger partial charge on any atom is -0.481 e. The van der Waals surface area contributed by atoms with Crippen LogP contribution >= 0.6 is 23.5 Å². The fourth-order valence-electron chi connectivity index (χ4n) is 0.781. The van der Waals surface area contributed by atoms with Gasteiger partial charge in [-0.25, -0.2) is 0 Å². The topological polar surface area (TPSA) is 74.6 Å². The van der Waals surface area contributed by atoms with Crippen molar-refractivity contribution in [3.8, 4) is 0 Å². The van der Waals surface area contributed by atoms with Crippen LogP contribution < -0.4 is 0 Å². The summed E-state index contributed by atoms with van der Waals surface area (Å²) < 4.78 is 0. The first-order valence-corrected chi connectivity index (χ1v) is 7.37. The minimum atomic E-state index is -0.764. The maximum atomic E-state index is 10.5. The Kier molecular flexibility index (Phi) is 8.56. The highest BCUT2D eigenvalue weighted by molar-refractivity contribution is 8.02. The molecule has 94 valence electrons. The van der Waals surface area contributed by atoms with Crippen LogP contribution in [0.3, 0.4) is 0 Å². The number of hydrogen-bond donors (Lipinski definition) is 2. The third-order valence-corrected chi connectivity index (χ3v) is 4.67. The first-order chi connectivity index (χ1) is 7.45. The van der Waals surface area contributed by atoms with Crippen molar-refractivity contribution in [3.63, 3.8) is 0 Å². The third kappa shape index (κ3) is 7.87. The molecular formula is C10H18O4S2. The van der Waals surface area contributed by atoms with Gasteiger partial charge in [0.2, 0.25) is 0 Å². The molecule has 0 saturated carbocycles. The van der Waals surface area contributed by atoms with Gasteiger partial charge in [0, 0.05) is 23.0 Å². The molecule has 0 aliphatic heterocycles. The van der Waals surface area contributed by atoms with Gasteiger partial charge in [-0.15, -0.1) is 0 Å². The predicted molar refractivity (Wildman–Crippen MR) is 68.2 cm³/mol. The fourth-order valence-corrected chi connectivity index (χ4v) is 3.05. The van der Waals surface area contributed by atoms with Crippen LogP contribution in [0, 0.1) is 11.8 Å². The first-order valence-electron chi connectivity index (χ1n) is 5.06. The van der Waals surface area contributed by atoms with Crippen LogP contribution in [0.1, 0.15) is 13.8 Å². The molecule has 0 bridgehead atoms. The van der Waals surface area contributed by atoms with Crippen LogP contribution in [0.2, 0.25) is 0 Å². The summed E-state index contributed by atoms with van der Waals surface area (Å²) in [4.78, 5) is 21.0. The normalized spacial score (nSPS) is 14.4. The summed E-state index contributed by atoms with van der Waals surface area (Å²) in [6.45, 7) is 3.38. The molecule has 2 N–H and O–H groups in total. The Balaban J connectivity index is 3.34.